The highest BCUT2D eigenvalue weighted by atomic mass is 16.3. The Kier molecular flexibility index (Phi) is 2.95. The third kappa shape index (κ3) is 2.42. The summed E-state index contributed by atoms with van der Waals surface area (Å²) in [5.74, 6) is 0.895. The molecule has 1 atom stereocenters. The van der Waals surface area contributed by atoms with Crippen LogP contribution in [0.1, 0.15) is 19.6 Å². The second-order valence-corrected chi connectivity index (χ2v) is 4.06. The summed E-state index contributed by atoms with van der Waals surface area (Å²) < 4.78 is 5.67. The molecule has 0 aliphatic carbocycles. The standard InChI is InChI=1S/C13H15NO2/c1-9(14-10(2)15)7-12-8-11-5-3-4-6-13(11)16-12/h3-6,8-9H,7H2,1-2H3,(H,14,15)/t9-/m0/s1. The lowest BCUT2D eigenvalue weighted by molar-refractivity contribution is -0.119. The number of benzene rings is 1. The number of amides is 1. The van der Waals surface area contributed by atoms with Gasteiger partial charge in [0.05, 0.1) is 0 Å². The third-order valence-corrected chi connectivity index (χ3v) is 2.43. The summed E-state index contributed by atoms with van der Waals surface area (Å²) in [5, 5.41) is 3.94. The van der Waals surface area contributed by atoms with Crippen LogP contribution in [0.3, 0.4) is 0 Å². The van der Waals surface area contributed by atoms with Crippen molar-refractivity contribution < 1.29 is 9.21 Å². The van der Waals surface area contributed by atoms with Gasteiger partial charge in [-0.1, -0.05) is 18.2 Å². The minimum absolute atomic E-state index is 0.0105. The van der Waals surface area contributed by atoms with Crippen LogP contribution >= 0.6 is 0 Å². The molecule has 0 fully saturated rings. The van der Waals surface area contributed by atoms with Crippen LogP contribution in [0.25, 0.3) is 11.0 Å². The van der Waals surface area contributed by atoms with Gasteiger partial charge in [0.2, 0.25) is 5.91 Å². The number of hydrogen-bond donors (Lipinski definition) is 1. The number of carbonyl (C=O) groups excluding carboxylic acids is 1. The Morgan fingerprint density at radius 3 is 2.88 bits per heavy atom. The van der Waals surface area contributed by atoms with Crippen molar-refractivity contribution in [2.75, 3.05) is 0 Å². The van der Waals surface area contributed by atoms with Crippen molar-refractivity contribution in [3.05, 3.63) is 36.1 Å². The average molecular weight is 217 g/mol. The van der Waals surface area contributed by atoms with Crippen LogP contribution in [0, 0.1) is 0 Å². The smallest absolute Gasteiger partial charge is 0.217 e. The molecule has 1 heterocycles. The molecule has 0 radical (unpaired) electrons. The summed E-state index contributed by atoms with van der Waals surface area (Å²) in [6.45, 7) is 3.49. The number of furan rings is 1. The van der Waals surface area contributed by atoms with Crippen LogP contribution in [0.4, 0.5) is 0 Å². The molecule has 84 valence electrons. The van der Waals surface area contributed by atoms with Crippen molar-refractivity contribution in [1.29, 1.82) is 0 Å². The number of fused-ring (bicyclic) bond motifs is 1. The second-order valence-electron chi connectivity index (χ2n) is 4.06. The van der Waals surface area contributed by atoms with Crippen molar-refractivity contribution in [3.63, 3.8) is 0 Å². The lowest BCUT2D eigenvalue weighted by Gasteiger charge is -2.09. The maximum absolute atomic E-state index is 10.9. The number of hydrogen-bond acceptors (Lipinski definition) is 2. The van der Waals surface area contributed by atoms with Crippen LogP contribution in [0.5, 0.6) is 0 Å². The van der Waals surface area contributed by atoms with E-state index in [1.54, 1.807) is 0 Å². The first kappa shape index (κ1) is 10.7. The molecule has 0 aliphatic rings. The second kappa shape index (κ2) is 4.39. The van der Waals surface area contributed by atoms with Gasteiger partial charge in [0.25, 0.3) is 0 Å². The molecule has 1 N–H and O–H groups in total. The molecule has 0 bridgehead atoms. The molecule has 0 saturated heterocycles. The monoisotopic (exact) mass is 217 g/mol. The van der Waals surface area contributed by atoms with Gasteiger partial charge in [0, 0.05) is 24.8 Å². The maximum Gasteiger partial charge on any atom is 0.217 e. The lowest BCUT2D eigenvalue weighted by atomic mass is 10.2. The summed E-state index contributed by atoms with van der Waals surface area (Å²) in [5.41, 5.74) is 0.896. The number of nitrogens with one attached hydrogen (secondary N) is 1. The Morgan fingerprint density at radius 2 is 2.19 bits per heavy atom. The van der Waals surface area contributed by atoms with Gasteiger partial charge in [0.15, 0.2) is 0 Å². The normalized spacial score (nSPS) is 12.6. The minimum Gasteiger partial charge on any atom is -0.461 e. The van der Waals surface area contributed by atoms with Gasteiger partial charge in [-0.2, -0.15) is 0 Å². The predicted octanol–water partition coefficient (Wildman–Crippen LogP) is 2.50. The fourth-order valence-corrected chi connectivity index (χ4v) is 1.84. The van der Waals surface area contributed by atoms with Crippen LogP contribution in [-0.4, -0.2) is 11.9 Å². The Hall–Kier alpha value is -1.77. The number of para-hydroxylation sites is 1. The summed E-state index contributed by atoms with van der Waals surface area (Å²) >= 11 is 0. The first-order chi connectivity index (χ1) is 7.65. The summed E-state index contributed by atoms with van der Waals surface area (Å²) in [6.07, 6.45) is 0.717. The Labute approximate surface area is 94.4 Å². The molecule has 0 spiro atoms. The quantitative estimate of drug-likeness (QED) is 0.858. The van der Waals surface area contributed by atoms with Crippen LogP contribution < -0.4 is 5.32 Å². The van der Waals surface area contributed by atoms with E-state index in [1.165, 1.54) is 6.92 Å². The Bertz CT molecular complexity index is 468. The highest BCUT2D eigenvalue weighted by Crippen LogP contribution is 2.19. The van der Waals surface area contributed by atoms with E-state index in [0.29, 0.717) is 6.42 Å². The molecule has 0 unspecified atom stereocenters. The first-order valence-electron chi connectivity index (χ1n) is 5.39. The van der Waals surface area contributed by atoms with E-state index in [2.05, 4.69) is 5.32 Å². The molecular weight excluding hydrogens is 202 g/mol. The minimum atomic E-state index is -0.0105. The maximum atomic E-state index is 10.9. The SMILES string of the molecule is CC(=O)N[C@@H](C)Cc1cc2ccccc2o1. The van der Waals surface area contributed by atoms with Gasteiger partial charge in [-0.25, -0.2) is 0 Å². The predicted molar refractivity (Wildman–Crippen MR) is 63.2 cm³/mol. The van der Waals surface area contributed by atoms with E-state index in [1.807, 2.05) is 37.3 Å². The van der Waals surface area contributed by atoms with Crippen molar-refractivity contribution in [2.45, 2.75) is 26.3 Å². The van der Waals surface area contributed by atoms with E-state index in [9.17, 15) is 4.79 Å². The van der Waals surface area contributed by atoms with Gasteiger partial charge >= 0.3 is 0 Å². The highest BCUT2D eigenvalue weighted by Gasteiger charge is 2.08. The average Bonchev–Trinajstić information content (AvgIpc) is 2.57. The molecule has 1 aromatic heterocycles. The van der Waals surface area contributed by atoms with Crippen LogP contribution in [0.2, 0.25) is 0 Å². The number of rotatable bonds is 3. The summed E-state index contributed by atoms with van der Waals surface area (Å²) in [6, 6.07) is 10.0. The highest BCUT2D eigenvalue weighted by molar-refractivity contribution is 5.77. The van der Waals surface area contributed by atoms with Gasteiger partial charge in [-0.3, -0.25) is 4.79 Å². The molecule has 0 aliphatic heterocycles. The van der Waals surface area contributed by atoms with E-state index in [0.717, 1.165) is 16.7 Å². The molecule has 1 aromatic carbocycles. The molecule has 2 aromatic rings. The molecule has 16 heavy (non-hydrogen) atoms. The van der Waals surface area contributed by atoms with Crippen molar-refractivity contribution in [3.8, 4) is 0 Å². The van der Waals surface area contributed by atoms with Crippen molar-refractivity contribution in [1.82, 2.24) is 5.32 Å². The first-order valence-corrected chi connectivity index (χ1v) is 5.39. The summed E-state index contributed by atoms with van der Waals surface area (Å²) in [4.78, 5) is 10.9. The molecule has 3 nitrogen and oxygen atoms in total. The zero-order valence-electron chi connectivity index (χ0n) is 9.49. The molecular formula is C13H15NO2. The zero-order chi connectivity index (χ0) is 11.5. The topological polar surface area (TPSA) is 42.2 Å². The van der Waals surface area contributed by atoms with Crippen LogP contribution in [0.15, 0.2) is 34.7 Å². The van der Waals surface area contributed by atoms with Gasteiger partial charge in [0.1, 0.15) is 11.3 Å². The van der Waals surface area contributed by atoms with E-state index in [-0.39, 0.29) is 11.9 Å². The zero-order valence-corrected chi connectivity index (χ0v) is 9.49. The van der Waals surface area contributed by atoms with Crippen molar-refractivity contribution in [2.24, 2.45) is 0 Å². The molecule has 1 amide bonds. The van der Waals surface area contributed by atoms with Gasteiger partial charge < -0.3 is 9.73 Å². The summed E-state index contributed by atoms with van der Waals surface area (Å²) in [7, 11) is 0. The van der Waals surface area contributed by atoms with Gasteiger partial charge in [-0.15, -0.1) is 0 Å². The van der Waals surface area contributed by atoms with Crippen LogP contribution in [-0.2, 0) is 11.2 Å². The molecule has 0 saturated carbocycles. The molecule has 2 rings (SSSR count). The largest absolute Gasteiger partial charge is 0.461 e. The van der Waals surface area contributed by atoms with E-state index < -0.39 is 0 Å². The fourth-order valence-electron chi connectivity index (χ4n) is 1.84. The third-order valence-electron chi connectivity index (χ3n) is 2.43. The Balaban J connectivity index is 2.12. The fraction of sp³-hybridized carbons (Fsp3) is 0.308. The van der Waals surface area contributed by atoms with E-state index in [4.69, 9.17) is 4.42 Å². The molecule has 3 heteroatoms. The lowest BCUT2D eigenvalue weighted by Crippen LogP contribution is -2.31. The number of carbonyl (C=O) groups is 1. The van der Waals surface area contributed by atoms with E-state index >= 15 is 0 Å². The Morgan fingerprint density at radius 1 is 1.44 bits per heavy atom. The van der Waals surface area contributed by atoms with Gasteiger partial charge in [-0.05, 0) is 19.1 Å². The van der Waals surface area contributed by atoms with Crippen molar-refractivity contribution >= 4 is 16.9 Å².